The first-order chi connectivity index (χ1) is 11.0. The van der Waals surface area contributed by atoms with Crippen molar-refractivity contribution in [2.24, 2.45) is 5.92 Å². The summed E-state index contributed by atoms with van der Waals surface area (Å²) in [5, 5.41) is 0. The van der Waals surface area contributed by atoms with Gasteiger partial charge in [0.1, 0.15) is 5.82 Å². The van der Waals surface area contributed by atoms with E-state index in [9.17, 15) is 12.8 Å². The average Bonchev–Trinajstić information content (AvgIpc) is 2.55. The van der Waals surface area contributed by atoms with Gasteiger partial charge < -0.3 is 0 Å². The fraction of sp³-hybridized carbons (Fsp3) is 0.647. The summed E-state index contributed by atoms with van der Waals surface area (Å²) in [5.74, 6) is 0.356. The Bertz CT molecular complexity index is 624. The quantitative estimate of drug-likeness (QED) is 0.849. The minimum Gasteiger partial charge on any atom is -0.298 e. The fourth-order valence-electron chi connectivity index (χ4n) is 3.80. The normalized spacial score (nSPS) is 27.9. The molecule has 1 aromatic carbocycles. The molecule has 1 aromatic rings. The molecule has 1 heterocycles. The van der Waals surface area contributed by atoms with Gasteiger partial charge in [0, 0.05) is 32.2 Å². The molecule has 3 rings (SSSR count). The Labute approximate surface area is 138 Å². The second-order valence-corrected chi connectivity index (χ2v) is 8.76. The summed E-state index contributed by atoms with van der Waals surface area (Å²) in [7, 11) is -3.50. The lowest BCUT2D eigenvalue weighted by molar-refractivity contribution is 0.0967. The Morgan fingerprint density at radius 2 is 1.70 bits per heavy atom. The van der Waals surface area contributed by atoms with Crippen LogP contribution in [0.5, 0.6) is 0 Å². The highest BCUT2D eigenvalue weighted by Gasteiger charge is 2.32. The van der Waals surface area contributed by atoms with Crippen molar-refractivity contribution >= 4 is 10.0 Å². The van der Waals surface area contributed by atoms with Crippen LogP contribution in [0.2, 0.25) is 0 Å². The molecule has 1 aliphatic carbocycles. The minimum absolute atomic E-state index is 0.179. The largest absolute Gasteiger partial charge is 0.298 e. The topological polar surface area (TPSA) is 40.6 Å². The smallest absolute Gasteiger partial charge is 0.243 e. The average molecular weight is 340 g/mol. The van der Waals surface area contributed by atoms with E-state index in [2.05, 4.69) is 11.8 Å². The fourth-order valence-corrected chi connectivity index (χ4v) is 5.22. The third-order valence-electron chi connectivity index (χ3n) is 5.15. The molecule has 0 aromatic heterocycles. The van der Waals surface area contributed by atoms with Crippen molar-refractivity contribution in [2.45, 2.75) is 43.5 Å². The summed E-state index contributed by atoms with van der Waals surface area (Å²) in [6.45, 7) is 4.92. The lowest BCUT2D eigenvalue weighted by atomic mass is 9.86. The standard InChI is InChI=1S/C17H25FN2O2S/c1-14-3-2-4-16(13-14)19-9-11-20(12-10-19)23(21,22)17-7-5-15(18)6-8-17/h5-8,14,16H,2-4,9-13H2,1H3. The summed E-state index contributed by atoms with van der Waals surface area (Å²) in [4.78, 5) is 2.63. The first-order valence-corrected chi connectivity index (χ1v) is 9.90. The highest BCUT2D eigenvalue weighted by atomic mass is 32.2. The maximum Gasteiger partial charge on any atom is 0.243 e. The summed E-state index contributed by atoms with van der Waals surface area (Å²) in [5.41, 5.74) is 0. The Balaban J connectivity index is 1.63. The van der Waals surface area contributed by atoms with Crippen LogP contribution in [0.4, 0.5) is 4.39 Å². The van der Waals surface area contributed by atoms with Crippen LogP contribution in [0.3, 0.4) is 0 Å². The van der Waals surface area contributed by atoms with Crippen molar-refractivity contribution in [2.75, 3.05) is 26.2 Å². The van der Waals surface area contributed by atoms with E-state index in [0.717, 1.165) is 19.0 Å². The Hall–Kier alpha value is -0.980. The highest BCUT2D eigenvalue weighted by molar-refractivity contribution is 7.89. The van der Waals surface area contributed by atoms with E-state index in [0.29, 0.717) is 19.1 Å². The number of rotatable bonds is 3. The minimum atomic E-state index is -3.50. The first-order valence-electron chi connectivity index (χ1n) is 8.46. The lowest BCUT2D eigenvalue weighted by Crippen LogP contribution is -2.52. The van der Waals surface area contributed by atoms with E-state index in [1.807, 2.05) is 0 Å². The maximum absolute atomic E-state index is 13.0. The van der Waals surface area contributed by atoms with Gasteiger partial charge in [-0.15, -0.1) is 0 Å². The van der Waals surface area contributed by atoms with Gasteiger partial charge in [-0.3, -0.25) is 4.90 Å². The molecule has 6 heteroatoms. The van der Waals surface area contributed by atoms with Crippen LogP contribution in [0.25, 0.3) is 0 Å². The Kier molecular flexibility index (Phi) is 5.04. The van der Waals surface area contributed by atoms with Crippen LogP contribution >= 0.6 is 0 Å². The van der Waals surface area contributed by atoms with Gasteiger partial charge in [0.25, 0.3) is 0 Å². The number of piperazine rings is 1. The van der Waals surface area contributed by atoms with Gasteiger partial charge in [0.05, 0.1) is 4.90 Å². The molecule has 128 valence electrons. The van der Waals surface area contributed by atoms with Gasteiger partial charge in [0.2, 0.25) is 10.0 Å². The van der Waals surface area contributed by atoms with Crippen LogP contribution in [0.15, 0.2) is 29.2 Å². The predicted molar refractivity (Wildman–Crippen MR) is 88.2 cm³/mol. The number of hydrogen-bond acceptors (Lipinski definition) is 3. The SMILES string of the molecule is CC1CCCC(N2CCN(S(=O)(=O)c3ccc(F)cc3)CC2)C1. The molecule has 0 radical (unpaired) electrons. The molecule has 0 N–H and O–H groups in total. The van der Waals surface area contributed by atoms with Gasteiger partial charge in [-0.05, 0) is 43.0 Å². The lowest BCUT2D eigenvalue weighted by Gasteiger charge is -2.41. The third-order valence-corrected chi connectivity index (χ3v) is 7.06. The second kappa shape index (κ2) is 6.87. The molecule has 1 aliphatic heterocycles. The molecule has 0 spiro atoms. The Morgan fingerprint density at radius 1 is 1.04 bits per heavy atom. The van der Waals surface area contributed by atoms with Crippen molar-refractivity contribution < 1.29 is 12.8 Å². The molecule has 4 nitrogen and oxygen atoms in total. The highest BCUT2D eigenvalue weighted by Crippen LogP contribution is 2.28. The van der Waals surface area contributed by atoms with Crippen molar-refractivity contribution in [3.63, 3.8) is 0 Å². The number of nitrogens with zero attached hydrogens (tertiary/aromatic N) is 2. The molecule has 23 heavy (non-hydrogen) atoms. The number of sulfonamides is 1. The molecule has 1 saturated carbocycles. The molecular weight excluding hydrogens is 315 g/mol. The van der Waals surface area contributed by atoms with Crippen LogP contribution in [0, 0.1) is 11.7 Å². The van der Waals surface area contributed by atoms with Crippen LogP contribution in [-0.4, -0.2) is 49.8 Å². The molecule has 2 unspecified atom stereocenters. The molecule has 1 saturated heterocycles. The molecule has 2 aliphatic rings. The molecule has 2 atom stereocenters. The van der Waals surface area contributed by atoms with E-state index in [1.54, 1.807) is 0 Å². The molecule has 2 fully saturated rings. The maximum atomic E-state index is 13.0. The van der Waals surface area contributed by atoms with Crippen molar-refractivity contribution in [3.8, 4) is 0 Å². The van der Waals surface area contributed by atoms with Crippen LogP contribution in [0.1, 0.15) is 32.6 Å². The van der Waals surface area contributed by atoms with E-state index >= 15 is 0 Å². The molecule has 0 amide bonds. The monoisotopic (exact) mass is 340 g/mol. The van der Waals surface area contributed by atoms with Gasteiger partial charge in [0.15, 0.2) is 0 Å². The summed E-state index contributed by atoms with van der Waals surface area (Å²) < 4.78 is 39.8. The third kappa shape index (κ3) is 3.75. The van der Waals surface area contributed by atoms with Gasteiger partial charge in [-0.2, -0.15) is 4.31 Å². The van der Waals surface area contributed by atoms with Gasteiger partial charge in [-0.25, -0.2) is 12.8 Å². The number of halogens is 1. The number of benzene rings is 1. The van der Waals surface area contributed by atoms with E-state index in [1.165, 1.54) is 54.3 Å². The Morgan fingerprint density at radius 3 is 2.30 bits per heavy atom. The summed E-state index contributed by atoms with van der Waals surface area (Å²) in [6.07, 6.45) is 5.05. The predicted octanol–water partition coefficient (Wildman–Crippen LogP) is 2.71. The van der Waals surface area contributed by atoms with Crippen molar-refractivity contribution in [1.82, 2.24) is 9.21 Å². The van der Waals surface area contributed by atoms with E-state index < -0.39 is 15.8 Å². The van der Waals surface area contributed by atoms with Gasteiger partial charge >= 0.3 is 0 Å². The summed E-state index contributed by atoms with van der Waals surface area (Å²) >= 11 is 0. The van der Waals surface area contributed by atoms with Crippen LogP contribution < -0.4 is 0 Å². The van der Waals surface area contributed by atoms with Crippen LogP contribution in [-0.2, 0) is 10.0 Å². The molecular formula is C17H25FN2O2S. The van der Waals surface area contributed by atoms with Crippen molar-refractivity contribution in [1.29, 1.82) is 0 Å². The van der Waals surface area contributed by atoms with Crippen molar-refractivity contribution in [3.05, 3.63) is 30.1 Å². The zero-order valence-corrected chi connectivity index (χ0v) is 14.4. The van der Waals surface area contributed by atoms with Gasteiger partial charge in [-0.1, -0.05) is 19.8 Å². The zero-order valence-electron chi connectivity index (χ0n) is 13.6. The first kappa shape index (κ1) is 16.9. The van der Waals surface area contributed by atoms with E-state index in [-0.39, 0.29) is 4.90 Å². The number of hydrogen-bond donors (Lipinski definition) is 0. The second-order valence-electron chi connectivity index (χ2n) is 6.82. The summed E-state index contributed by atoms with van der Waals surface area (Å²) in [6, 6.07) is 5.70. The van der Waals surface area contributed by atoms with E-state index in [4.69, 9.17) is 0 Å². The molecule has 0 bridgehead atoms. The zero-order chi connectivity index (χ0) is 16.4.